The fraction of sp³-hybridized carbons (Fsp3) is 0.923. The van der Waals surface area contributed by atoms with Gasteiger partial charge in [-0.2, -0.15) is 0 Å². The third kappa shape index (κ3) is 5.33. The Hall–Kier alpha value is 0. The fourth-order valence-electron chi connectivity index (χ4n) is 2.32. The molecule has 1 saturated carbocycles. The third-order valence-electron chi connectivity index (χ3n) is 3.27. The molecule has 0 heterocycles. The van der Waals surface area contributed by atoms with Crippen LogP contribution in [0.25, 0.3) is 0 Å². The summed E-state index contributed by atoms with van der Waals surface area (Å²) in [5, 5.41) is 0. The highest BCUT2D eigenvalue weighted by Gasteiger charge is 2.12. The molecular formula is C13H25. The number of hydrogen-bond donors (Lipinski definition) is 0. The molecule has 0 nitrogen and oxygen atoms in total. The van der Waals surface area contributed by atoms with E-state index in [0.717, 1.165) is 5.92 Å². The summed E-state index contributed by atoms with van der Waals surface area (Å²) in [5.41, 5.74) is 0. The Bertz CT molecular complexity index is 101. The molecule has 1 fully saturated rings. The van der Waals surface area contributed by atoms with Gasteiger partial charge in [0.15, 0.2) is 0 Å². The zero-order chi connectivity index (χ0) is 9.36. The van der Waals surface area contributed by atoms with E-state index >= 15 is 0 Å². The van der Waals surface area contributed by atoms with Gasteiger partial charge in [0.2, 0.25) is 0 Å². The lowest BCUT2D eigenvalue weighted by Gasteiger charge is -2.20. The molecular weight excluding hydrogens is 156 g/mol. The predicted octanol–water partition coefficient (Wildman–Crippen LogP) is 4.74. The Balaban J connectivity index is 1.86. The van der Waals surface area contributed by atoms with E-state index in [2.05, 4.69) is 13.3 Å². The maximum absolute atomic E-state index is 2.47. The van der Waals surface area contributed by atoms with Gasteiger partial charge in [0.1, 0.15) is 0 Å². The van der Waals surface area contributed by atoms with Gasteiger partial charge in [0.25, 0.3) is 0 Å². The Morgan fingerprint density at radius 3 is 2.38 bits per heavy atom. The minimum Gasteiger partial charge on any atom is -0.0654 e. The first-order valence-corrected chi connectivity index (χ1v) is 6.25. The van der Waals surface area contributed by atoms with E-state index in [-0.39, 0.29) is 0 Å². The van der Waals surface area contributed by atoms with Crippen molar-refractivity contribution < 1.29 is 0 Å². The molecule has 1 radical (unpaired) electrons. The van der Waals surface area contributed by atoms with Gasteiger partial charge in [-0.25, -0.2) is 0 Å². The largest absolute Gasteiger partial charge is 0.0654 e. The van der Waals surface area contributed by atoms with Crippen LogP contribution < -0.4 is 0 Å². The van der Waals surface area contributed by atoms with Crippen molar-refractivity contribution in [2.45, 2.75) is 71.1 Å². The maximum Gasteiger partial charge on any atom is -0.0386 e. The highest BCUT2D eigenvalue weighted by molar-refractivity contribution is 4.76. The lowest BCUT2D eigenvalue weighted by Crippen LogP contribution is -2.06. The first-order chi connectivity index (χ1) is 6.43. The van der Waals surface area contributed by atoms with Crippen LogP contribution in [0.5, 0.6) is 0 Å². The van der Waals surface area contributed by atoms with Crippen molar-refractivity contribution in [1.82, 2.24) is 0 Å². The molecule has 0 heteroatoms. The van der Waals surface area contributed by atoms with Crippen molar-refractivity contribution in [2.75, 3.05) is 0 Å². The fourth-order valence-corrected chi connectivity index (χ4v) is 2.32. The van der Waals surface area contributed by atoms with Crippen LogP contribution in [-0.4, -0.2) is 0 Å². The number of hydrogen-bond acceptors (Lipinski definition) is 0. The number of rotatable bonds is 6. The van der Waals surface area contributed by atoms with E-state index in [1.807, 2.05) is 0 Å². The summed E-state index contributed by atoms with van der Waals surface area (Å²) in [7, 11) is 0. The van der Waals surface area contributed by atoms with E-state index in [1.54, 1.807) is 0 Å². The molecule has 0 saturated heterocycles. The van der Waals surface area contributed by atoms with E-state index in [0.29, 0.717) is 0 Å². The Kier molecular flexibility index (Phi) is 6.31. The van der Waals surface area contributed by atoms with Crippen LogP contribution in [0, 0.1) is 12.3 Å². The zero-order valence-corrected chi connectivity index (χ0v) is 9.23. The highest BCUT2D eigenvalue weighted by Crippen LogP contribution is 2.27. The minimum absolute atomic E-state index is 1.08. The molecule has 0 aromatic heterocycles. The van der Waals surface area contributed by atoms with Gasteiger partial charge >= 0.3 is 0 Å². The van der Waals surface area contributed by atoms with Crippen molar-refractivity contribution in [3.63, 3.8) is 0 Å². The molecule has 0 N–H and O–H groups in total. The minimum atomic E-state index is 1.08. The summed E-state index contributed by atoms with van der Waals surface area (Å²) in [6, 6.07) is 0. The smallest absolute Gasteiger partial charge is 0.0386 e. The molecule has 0 spiro atoms. The molecule has 0 amide bonds. The van der Waals surface area contributed by atoms with Crippen molar-refractivity contribution in [1.29, 1.82) is 0 Å². The molecule has 13 heavy (non-hydrogen) atoms. The van der Waals surface area contributed by atoms with Crippen LogP contribution in [0.15, 0.2) is 0 Å². The molecule has 1 rings (SSSR count). The molecule has 0 atom stereocenters. The van der Waals surface area contributed by atoms with Crippen molar-refractivity contribution >= 4 is 0 Å². The van der Waals surface area contributed by atoms with E-state index in [4.69, 9.17) is 0 Å². The molecule has 77 valence electrons. The maximum atomic E-state index is 2.47. The van der Waals surface area contributed by atoms with Crippen LogP contribution in [0.4, 0.5) is 0 Å². The van der Waals surface area contributed by atoms with Gasteiger partial charge in [0, 0.05) is 0 Å². The van der Waals surface area contributed by atoms with E-state index in [1.165, 1.54) is 64.2 Å². The van der Waals surface area contributed by atoms with Gasteiger partial charge < -0.3 is 0 Å². The zero-order valence-electron chi connectivity index (χ0n) is 9.23. The van der Waals surface area contributed by atoms with Gasteiger partial charge in [-0.3, -0.25) is 0 Å². The first kappa shape index (κ1) is 11.1. The Morgan fingerprint density at radius 2 is 1.69 bits per heavy atom. The Morgan fingerprint density at radius 1 is 1.00 bits per heavy atom. The van der Waals surface area contributed by atoms with Crippen LogP contribution in [0.2, 0.25) is 0 Å². The van der Waals surface area contributed by atoms with E-state index < -0.39 is 0 Å². The van der Waals surface area contributed by atoms with Crippen molar-refractivity contribution in [3.05, 3.63) is 6.42 Å². The first-order valence-electron chi connectivity index (χ1n) is 6.25. The SMILES string of the molecule is CCCCCCCC1CC[CH]CC1. The second kappa shape index (κ2) is 7.41. The van der Waals surface area contributed by atoms with Gasteiger partial charge in [-0.15, -0.1) is 0 Å². The lowest BCUT2D eigenvalue weighted by atomic mass is 9.85. The summed E-state index contributed by atoms with van der Waals surface area (Å²) >= 11 is 0. The highest BCUT2D eigenvalue weighted by atomic mass is 14.2. The molecule has 0 aromatic carbocycles. The standard InChI is InChI=1S/C13H25/c1-2-3-4-5-7-10-13-11-8-6-9-12-13/h6,13H,2-5,7-12H2,1H3. The normalized spacial score (nSPS) is 19.2. The van der Waals surface area contributed by atoms with Crippen molar-refractivity contribution in [2.24, 2.45) is 5.92 Å². The molecule has 0 aromatic rings. The molecule has 1 aliphatic carbocycles. The number of unbranched alkanes of at least 4 members (excludes halogenated alkanes) is 4. The summed E-state index contributed by atoms with van der Waals surface area (Å²) in [4.78, 5) is 0. The van der Waals surface area contributed by atoms with Crippen LogP contribution in [0.1, 0.15) is 71.1 Å². The topological polar surface area (TPSA) is 0 Å². The summed E-state index contributed by atoms with van der Waals surface area (Å²) in [6.45, 7) is 2.29. The van der Waals surface area contributed by atoms with E-state index in [9.17, 15) is 0 Å². The third-order valence-corrected chi connectivity index (χ3v) is 3.27. The molecule has 1 aliphatic rings. The van der Waals surface area contributed by atoms with Crippen LogP contribution >= 0.6 is 0 Å². The van der Waals surface area contributed by atoms with Crippen LogP contribution in [-0.2, 0) is 0 Å². The Labute approximate surface area is 84.1 Å². The summed E-state index contributed by atoms with van der Waals surface area (Å²) in [5.74, 6) is 1.08. The monoisotopic (exact) mass is 181 g/mol. The molecule has 0 aliphatic heterocycles. The summed E-state index contributed by atoms with van der Waals surface area (Å²) in [6.07, 6.45) is 17.0. The molecule has 0 unspecified atom stereocenters. The second-order valence-corrected chi connectivity index (χ2v) is 4.51. The van der Waals surface area contributed by atoms with Crippen molar-refractivity contribution in [3.8, 4) is 0 Å². The summed E-state index contributed by atoms with van der Waals surface area (Å²) < 4.78 is 0. The average Bonchev–Trinajstić information content (AvgIpc) is 2.19. The second-order valence-electron chi connectivity index (χ2n) is 4.51. The van der Waals surface area contributed by atoms with Gasteiger partial charge in [-0.1, -0.05) is 58.3 Å². The quantitative estimate of drug-likeness (QED) is 0.519. The predicted molar refractivity (Wildman–Crippen MR) is 59.6 cm³/mol. The average molecular weight is 181 g/mol. The van der Waals surface area contributed by atoms with Gasteiger partial charge in [-0.05, 0) is 25.2 Å². The van der Waals surface area contributed by atoms with Gasteiger partial charge in [0.05, 0.1) is 0 Å². The lowest BCUT2D eigenvalue weighted by molar-refractivity contribution is 0.365. The molecule has 0 bridgehead atoms. The van der Waals surface area contributed by atoms with Crippen LogP contribution in [0.3, 0.4) is 0 Å².